The summed E-state index contributed by atoms with van der Waals surface area (Å²) in [5.41, 5.74) is 1.47. The first-order valence-electron chi connectivity index (χ1n) is 7.44. The lowest BCUT2D eigenvalue weighted by atomic mass is 9.83. The van der Waals surface area contributed by atoms with Crippen LogP contribution >= 0.6 is 15.9 Å². The molecule has 6 heteroatoms. The van der Waals surface area contributed by atoms with Crippen molar-refractivity contribution in [1.82, 2.24) is 0 Å². The van der Waals surface area contributed by atoms with Crippen LogP contribution in [-0.4, -0.2) is 17.5 Å². The number of carbonyl (C=O) groups is 3. The molecule has 4 rings (SSSR count). The molecule has 1 aromatic heterocycles. The van der Waals surface area contributed by atoms with E-state index in [4.69, 9.17) is 4.42 Å². The van der Waals surface area contributed by atoms with Crippen molar-refractivity contribution < 1.29 is 18.8 Å². The van der Waals surface area contributed by atoms with Crippen LogP contribution in [-0.2, 0) is 0 Å². The molecule has 0 radical (unpaired) electrons. The Morgan fingerprint density at radius 1 is 0.840 bits per heavy atom. The first-order valence-corrected chi connectivity index (χ1v) is 8.23. The molecule has 0 unspecified atom stereocenters. The van der Waals surface area contributed by atoms with Gasteiger partial charge in [-0.2, -0.15) is 0 Å². The summed E-state index contributed by atoms with van der Waals surface area (Å²) in [6, 6.07) is 14.6. The average Bonchev–Trinajstić information content (AvgIpc) is 3.06. The number of nitrogens with one attached hydrogen (secondary N) is 1. The fourth-order valence-corrected chi connectivity index (χ4v) is 3.18. The second-order valence-corrected chi connectivity index (χ2v) is 6.27. The minimum absolute atomic E-state index is 0.0967. The Kier molecular flexibility index (Phi) is 3.62. The Balaban J connectivity index is 1.78. The molecule has 2 aromatic carbocycles. The molecule has 3 aromatic rings. The lowest BCUT2D eigenvalue weighted by Crippen LogP contribution is -2.23. The lowest BCUT2D eigenvalue weighted by molar-refractivity contribution is 0.0977. The van der Waals surface area contributed by atoms with E-state index < -0.39 is 5.91 Å². The molecule has 25 heavy (non-hydrogen) atoms. The smallest absolute Gasteiger partial charge is 0.291 e. The first kappa shape index (κ1) is 15.5. The topological polar surface area (TPSA) is 76.4 Å². The van der Waals surface area contributed by atoms with Crippen LogP contribution in [0.15, 0.2) is 63.7 Å². The average molecular weight is 396 g/mol. The number of furan rings is 1. The van der Waals surface area contributed by atoms with E-state index in [1.54, 1.807) is 48.5 Å². The molecule has 0 aliphatic heterocycles. The van der Waals surface area contributed by atoms with Gasteiger partial charge in [-0.1, -0.05) is 36.4 Å². The van der Waals surface area contributed by atoms with E-state index in [0.717, 1.165) is 0 Å². The fourth-order valence-electron chi connectivity index (χ4n) is 2.87. The molecule has 122 valence electrons. The molecule has 0 saturated carbocycles. The molecule has 0 atom stereocenters. The zero-order valence-corrected chi connectivity index (χ0v) is 14.3. The maximum absolute atomic E-state index is 12.9. The monoisotopic (exact) mass is 395 g/mol. The molecule has 1 heterocycles. The normalized spacial score (nSPS) is 12.5. The van der Waals surface area contributed by atoms with Gasteiger partial charge >= 0.3 is 0 Å². The maximum atomic E-state index is 12.9. The van der Waals surface area contributed by atoms with E-state index in [1.807, 2.05) is 0 Å². The van der Waals surface area contributed by atoms with Crippen LogP contribution < -0.4 is 5.32 Å². The Labute approximate surface area is 150 Å². The molecule has 1 amide bonds. The van der Waals surface area contributed by atoms with Gasteiger partial charge in [-0.25, -0.2) is 0 Å². The molecule has 1 aliphatic rings. The molecule has 0 spiro atoms. The van der Waals surface area contributed by atoms with Gasteiger partial charge in [-0.15, -0.1) is 0 Å². The summed E-state index contributed by atoms with van der Waals surface area (Å²) in [7, 11) is 0. The molecule has 1 aliphatic carbocycles. The second-order valence-electron chi connectivity index (χ2n) is 5.49. The standard InChI is InChI=1S/C19H10BrNO4/c20-15-9-8-14(25-15)19(24)21-13-7-3-6-12-16(13)18(23)11-5-2-1-4-10(11)17(12)22/h1-9H,(H,21,24). The van der Waals surface area contributed by atoms with Crippen LogP contribution in [0.4, 0.5) is 5.69 Å². The minimum atomic E-state index is -0.502. The highest BCUT2D eigenvalue weighted by atomic mass is 79.9. The highest BCUT2D eigenvalue weighted by Crippen LogP contribution is 2.32. The molecule has 0 saturated heterocycles. The summed E-state index contributed by atoms with van der Waals surface area (Å²) in [5, 5.41) is 2.65. The van der Waals surface area contributed by atoms with Gasteiger partial charge in [0.2, 0.25) is 0 Å². The molecule has 0 fully saturated rings. The van der Waals surface area contributed by atoms with Gasteiger partial charge in [-0.05, 0) is 34.1 Å². The number of rotatable bonds is 2. The summed E-state index contributed by atoms with van der Waals surface area (Å²) in [5.74, 6) is -0.929. The summed E-state index contributed by atoms with van der Waals surface area (Å²) in [6.45, 7) is 0. The summed E-state index contributed by atoms with van der Waals surface area (Å²) in [4.78, 5) is 37.9. The Bertz CT molecular complexity index is 1050. The zero-order chi connectivity index (χ0) is 17.6. The molecular weight excluding hydrogens is 386 g/mol. The van der Waals surface area contributed by atoms with Crippen LogP contribution in [0, 0.1) is 0 Å². The number of amides is 1. The number of fused-ring (bicyclic) bond motifs is 2. The minimum Gasteiger partial charge on any atom is -0.444 e. The van der Waals surface area contributed by atoms with E-state index in [0.29, 0.717) is 15.8 Å². The van der Waals surface area contributed by atoms with Crippen LogP contribution in [0.25, 0.3) is 0 Å². The van der Waals surface area contributed by atoms with Gasteiger partial charge in [0.25, 0.3) is 5.91 Å². The van der Waals surface area contributed by atoms with E-state index in [9.17, 15) is 14.4 Å². The van der Waals surface area contributed by atoms with E-state index in [1.165, 1.54) is 6.07 Å². The van der Waals surface area contributed by atoms with Crippen molar-refractivity contribution in [3.8, 4) is 0 Å². The quantitative estimate of drug-likeness (QED) is 0.554. The van der Waals surface area contributed by atoms with Crippen LogP contribution in [0.3, 0.4) is 0 Å². The number of hydrogen-bond acceptors (Lipinski definition) is 4. The van der Waals surface area contributed by atoms with Crippen molar-refractivity contribution in [2.24, 2.45) is 0 Å². The van der Waals surface area contributed by atoms with E-state index in [-0.39, 0.29) is 34.1 Å². The first-order chi connectivity index (χ1) is 12.1. The molecule has 5 nitrogen and oxygen atoms in total. The third-order valence-corrected chi connectivity index (χ3v) is 4.42. The van der Waals surface area contributed by atoms with Crippen LogP contribution in [0.2, 0.25) is 0 Å². The van der Waals surface area contributed by atoms with E-state index >= 15 is 0 Å². The van der Waals surface area contributed by atoms with Crippen molar-refractivity contribution in [1.29, 1.82) is 0 Å². The zero-order valence-electron chi connectivity index (χ0n) is 12.7. The largest absolute Gasteiger partial charge is 0.444 e. The Morgan fingerprint density at radius 3 is 2.20 bits per heavy atom. The van der Waals surface area contributed by atoms with Gasteiger partial charge < -0.3 is 9.73 Å². The summed E-state index contributed by atoms with van der Waals surface area (Å²) in [6.07, 6.45) is 0. The van der Waals surface area contributed by atoms with Gasteiger partial charge in [-0.3, -0.25) is 14.4 Å². The third-order valence-electron chi connectivity index (χ3n) is 4.00. The number of benzene rings is 2. The van der Waals surface area contributed by atoms with Gasteiger partial charge in [0.1, 0.15) is 0 Å². The van der Waals surface area contributed by atoms with Crippen molar-refractivity contribution in [3.63, 3.8) is 0 Å². The predicted octanol–water partition coefficient (Wildman–Crippen LogP) is 4.07. The van der Waals surface area contributed by atoms with Crippen LogP contribution in [0.1, 0.15) is 42.4 Å². The van der Waals surface area contributed by atoms with Crippen molar-refractivity contribution in [2.45, 2.75) is 0 Å². The Morgan fingerprint density at radius 2 is 1.52 bits per heavy atom. The molecule has 1 N–H and O–H groups in total. The Hall–Kier alpha value is -2.99. The highest BCUT2D eigenvalue weighted by Gasteiger charge is 2.31. The fraction of sp³-hybridized carbons (Fsp3) is 0. The lowest BCUT2D eigenvalue weighted by Gasteiger charge is -2.20. The summed E-state index contributed by atoms with van der Waals surface area (Å²) >= 11 is 3.14. The predicted molar refractivity (Wildman–Crippen MR) is 94.1 cm³/mol. The number of anilines is 1. The second kappa shape index (κ2) is 5.82. The third kappa shape index (κ3) is 2.51. The molecular formula is C19H10BrNO4. The van der Waals surface area contributed by atoms with Crippen molar-refractivity contribution in [3.05, 3.63) is 87.3 Å². The van der Waals surface area contributed by atoms with Gasteiger partial charge in [0.05, 0.1) is 11.3 Å². The highest BCUT2D eigenvalue weighted by molar-refractivity contribution is 9.10. The maximum Gasteiger partial charge on any atom is 0.291 e. The number of hydrogen-bond donors (Lipinski definition) is 1. The number of halogens is 1. The van der Waals surface area contributed by atoms with E-state index in [2.05, 4.69) is 21.2 Å². The van der Waals surface area contributed by atoms with Crippen molar-refractivity contribution in [2.75, 3.05) is 5.32 Å². The van der Waals surface area contributed by atoms with Gasteiger partial charge in [0.15, 0.2) is 22.0 Å². The molecule has 0 bridgehead atoms. The van der Waals surface area contributed by atoms with Crippen LogP contribution in [0.5, 0.6) is 0 Å². The van der Waals surface area contributed by atoms with Crippen molar-refractivity contribution >= 4 is 39.1 Å². The number of carbonyl (C=O) groups excluding carboxylic acids is 3. The SMILES string of the molecule is O=C(Nc1cccc2c1C(=O)c1ccccc1C2=O)c1ccc(Br)o1. The number of ketones is 2. The summed E-state index contributed by atoms with van der Waals surface area (Å²) < 4.78 is 5.64. The van der Waals surface area contributed by atoms with Gasteiger partial charge in [0, 0.05) is 16.7 Å².